The summed E-state index contributed by atoms with van der Waals surface area (Å²) in [6, 6.07) is 13.7. The number of furan rings is 1. The minimum absolute atomic E-state index is 0.624. The van der Waals surface area contributed by atoms with E-state index in [1.165, 1.54) is 6.42 Å². The van der Waals surface area contributed by atoms with Gasteiger partial charge in [0.05, 0.1) is 24.8 Å². The highest BCUT2D eigenvalue weighted by Gasteiger charge is 2.23. The van der Waals surface area contributed by atoms with Crippen LogP contribution in [0.15, 0.2) is 40.8 Å². The van der Waals surface area contributed by atoms with Gasteiger partial charge in [-0.1, -0.05) is 12.1 Å². The Labute approximate surface area is 130 Å². The molecule has 1 aromatic carbocycles. The van der Waals surface area contributed by atoms with Gasteiger partial charge in [-0.3, -0.25) is 4.90 Å². The van der Waals surface area contributed by atoms with Crippen molar-refractivity contribution < 1.29 is 9.15 Å². The molecule has 1 atom stereocenters. The van der Waals surface area contributed by atoms with Crippen LogP contribution in [-0.4, -0.2) is 31.7 Å². The molecule has 1 aliphatic rings. The van der Waals surface area contributed by atoms with Gasteiger partial charge in [-0.05, 0) is 43.1 Å². The van der Waals surface area contributed by atoms with Gasteiger partial charge >= 0.3 is 0 Å². The molecule has 22 heavy (non-hydrogen) atoms. The number of rotatable bonds is 5. The van der Waals surface area contributed by atoms with Crippen molar-refractivity contribution >= 4 is 0 Å². The first-order valence-electron chi connectivity index (χ1n) is 7.59. The molecule has 0 aliphatic carbocycles. The summed E-state index contributed by atoms with van der Waals surface area (Å²) in [5.74, 6) is 2.33. The summed E-state index contributed by atoms with van der Waals surface area (Å²) in [5, 5.41) is 9.18. The van der Waals surface area contributed by atoms with E-state index in [4.69, 9.17) is 9.15 Å². The molecular formula is C18H20N2O2. The maximum absolute atomic E-state index is 9.18. The predicted octanol–water partition coefficient (Wildman–Crippen LogP) is 3.29. The van der Waals surface area contributed by atoms with Crippen LogP contribution in [-0.2, 0) is 11.3 Å². The number of benzene rings is 1. The molecule has 0 saturated carbocycles. The molecule has 0 N–H and O–H groups in total. The molecule has 1 fully saturated rings. The summed E-state index contributed by atoms with van der Waals surface area (Å²) in [4.78, 5) is 2.39. The second-order valence-corrected chi connectivity index (χ2v) is 5.77. The van der Waals surface area contributed by atoms with Gasteiger partial charge in [-0.2, -0.15) is 5.26 Å². The summed E-state index contributed by atoms with van der Waals surface area (Å²) in [6.07, 6.45) is 1.18. The molecule has 4 nitrogen and oxygen atoms in total. The Hall–Kier alpha value is -2.09. The number of nitrogens with zero attached hydrogens (tertiary/aromatic N) is 2. The Morgan fingerprint density at radius 2 is 2.18 bits per heavy atom. The summed E-state index contributed by atoms with van der Waals surface area (Å²) in [7, 11) is 1.76. The summed E-state index contributed by atoms with van der Waals surface area (Å²) in [5.41, 5.74) is 1.50. The van der Waals surface area contributed by atoms with Crippen LogP contribution in [0, 0.1) is 17.2 Å². The molecule has 4 heteroatoms. The Bertz CT molecular complexity index is 672. The number of likely N-dealkylation sites (tertiary alicyclic amines) is 1. The van der Waals surface area contributed by atoms with Gasteiger partial charge in [0.1, 0.15) is 11.5 Å². The van der Waals surface area contributed by atoms with Crippen molar-refractivity contribution in [2.75, 3.05) is 26.8 Å². The average Bonchev–Trinajstić information content (AvgIpc) is 3.18. The third-order valence-electron chi connectivity index (χ3n) is 4.13. The minimum Gasteiger partial charge on any atom is -0.460 e. The minimum atomic E-state index is 0.624. The predicted molar refractivity (Wildman–Crippen MR) is 84.1 cm³/mol. The van der Waals surface area contributed by atoms with Crippen LogP contribution in [0.4, 0.5) is 0 Å². The van der Waals surface area contributed by atoms with Crippen molar-refractivity contribution in [3.63, 3.8) is 0 Å². The second-order valence-electron chi connectivity index (χ2n) is 5.77. The van der Waals surface area contributed by atoms with Gasteiger partial charge in [0.15, 0.2) is 0 Å². The molecule has 2 heterocycles. The Balaban J connectivity index is 1.69. The maximum Gasteiger partial charge on any atom is 0.135 e. The van der Waals surface area contributed by atoms with Gasteiger partial charge in [-0.25, -0.2) is 0 Å². The van der Waals surface area contributed by atoms with Crippen LogP contribution >= 0.6 is 0 Å². The van der Waals surface area contributed by atoms with Crippen LogP contribution < -0.4 is 0 Å². The van der Waals surface area contributed by atoms with Crippen LogP contribution in [0.1, 0.15) is 17.7 Å². The Morgan fingerprint density at radius 1 is 1.32 bits per heavy atom. The third kappa shape index (κ3) is 3.22. The van der Waals surface area contributed by atoms with Crippen molar-refractivity contribution in [1.82, 2.24) is 4.90 Å². The van der Waals surface area contributed by atoms with Crippen molar-refractivity contribution in [3.05, 3.63) is 47.7 Å². The lowest BCUT2D eigenvalue weighted by atomic mass is 10.1. The lowest BCUT2D eigenvalue weighted by Gasteiger charge is -2.14. The number of nitriles is 1. The summed E-state index contributed by atoms with van der Waals surface area (Å²) < 4.78 is 11.2. The zero-order valence-corrected chi connectivity index (χ0v) is 12.8. The zero-order valence-electron chi connectivity index (χ0n) is 12.8. The van der Waals surface area contributed by atoms with Crippen LogP contribution in [0.25, 0.3) is 11.3 Å². The molecule has 114 valence electrons. The molecule has 2 aromatic rings. The van der Waals surface area contributed by atoms with Crippen molar-refractivity contribution in [1.29, 1.82) is 5.26 Å². The molecule has 3 rings (SSSR count). The van der Waals surface area contributed by atoms with Crippen LogP contribution in [0.3, 0.4) is 0 Å². The van der Waals surface area contributed by atoms with Crippen molar-refractivity contribution in [3.8, 4) is 17.4 Å². The standard InChI is InChI=1S/C18H20N2O2/c1-21-13-14-8-9-20(11-14)12-16-6-7-18(22-16)17-5-3-2-4-15(17)10-19/h2-7,14H,8-9,11-13H2,1H3/t14-/m0/s1. The zero-order chi connectivity index (χ0) is 15.4. The molecule has 0 amide bonds. The van der Waals surface area contributed by atoms with Crippen molar-refractivity contribution in [2.45, 2.75) is 13.0 Å². The lowest BCUT2D eigenvalue weighted by molar-refractivity contribution is 0.151. The van der Waals surface area contributed by atoms with E-state index in [1.807, 2.05) is 36.4 Å². The van der Waals surface area contributed by atoms with Gasteiger partial charge in [0.2, 0.25) is 0 Å². The van der Waals surface area contributed by atoms with Gasteiger partial charge in [-0.15, -0.1) is 0 Å². The van der Waals surface area contributed by atoms with Crippen molar-refractivity contribution in [2.24, 2.45) is 5.92 Å². The highest BCUT2D eigenvalue weighted by atomic mass is 16.5. The molecule has 1 aromatic heterocycles. The maximum atomic E-state index is 9.18. The monoisotopic (exact) mass is 296 g/mol. The fourth-order valence-corrected chi connectivity index (χ4v) is 3.05. The van der Waals surface area contributed by atoms with Crippen LogP contribution in [0.5, 0.6) is 0 Å². The van der Waals surface area contributed by atoms with E-state index in [0.717, 1.165) is 43.3 Å². The first kappa shape index (κ1) is 14.8. The SMILES string of the molecule is COC[C@H]1CCN(Cc2ccc(-c3ccccc3C#N)o2)C1. The van der Waals surface area contributed by atoms with E-state index >= 15 is 0 Å². The molecule has 1 aliphatic heterocycles. The molecule has 1 saturated heterocycles. The molecule has 0 spiro atoms. The quantitative estimate of drug-likeness (QED) is 0.849. The molecular weight excluding hydrogens is 276 g/mol. The number of hydrogen-bond acceptors (Lipinski definition) is 4. The highest BCUT2D eigenvalue weighted by molar-refractivity contribution is 5.66. The second kappa shape index (κ2) is 6.78. The highest BCUT2D eigenvalue weighted by Crippen LogP contribution is 2.27. The Morgan fingerprint density at radius 3 is 3.00 bits per heavy atom. The lowest BCUT2D eigenvalue weighted by Crippen LogP contribution is -2.20. The first-order chi connectivity index (χ1) is 10.8. The molecule has 0 bridgehead atoms. The molecule has 0 unspecified atom stereocenters. The number of hydrogen-bond donors (Lipinski definition) is 0. The smallest absolute Gasteiger partial charge is 0.135 e. The van der Waals surface area contributed by atoms with Gasteiger partial charge < -0.3 is 9.15 Å². The number of methoxy groups -OCH3 is 1. The van der Waals surface area contributed by atoms with E-state index in [0.29, 0.717) is 11.5 Å². The van der Waals surface area contributed by atoms with E-state index in [1.54, 1.807) is 7.11 Å². The largest absolute Gasteiger partial charge is 0.460 e. The van der Waals surface area contributed by atoms with Crippen LogP contribution in [0.2, 0.25) is 0 Å². The van der Waals surface area contributed by atoms with E-state index in [9.17, 15) is 5.26 Å². The van der Waals surface area contributed by atoms with Gasteiger partial charge in [0.25, 0.3) is 0 Å². The van der Waals surface area contributed by atoms with E-state index in [-0.39, 0.29) is 0 Å². The summed E-state index contributed by atoms with van der Waals surface area (Å²) in [6.45, 7) is 3.78. The third-order valence-corrected chi connectivity index (χ3v) is 4.13. The molecule has 0 radical (unpaired) electrons. The summed E-state index contributed by atoms with van der Waals surface area (Å²) >= 11 is 0. The Kier molecular flexibility index (Phi) is 4.57. The average molecular weight is 296 g/mol. The number of ether oxygens (including phenoxy) is 1. The van der Waals surface area contributed by atoms with E-state index in [2.05, 4.69) is 11.0 Å². The first-order valence-corrected chi connectivity index (χ1v) is 7.59. The fourth-order valence-electron chi connectivity index (χ4n) is 3.05. The van der Waals surface area contributed by atoms with E-state index < -0.39 is 0 Å². The topological polar surface area (TPSA) is 49.4 Å². The fraction of sp³-hybridized carbons (Fsp3) is 0.389. The normalized spacial score (nSPS) is 18.5. The van der Waals surface area contributed by atoms with Gasteiger partial charge in [0, 0.05) is 19.2 Å².